The maximum atomic E-state index is 12.1. The number of benzene rings is 3. The first-order valence-electron chi connectivity index (χ1n) is 10.2. The van der Waals surface area contributed by atoms with Crippen molar-refractivity contribution >= 4 is 46.7 Å². The molecule has 0 aliphatic rings. The smallest absolute Gasteiger partial charge is 0.394 e. The van der Waals surface area contributed by atoms with Gasteiger partial charge in [0.25, 0.3) is 0 Å². The van der Waals surface area contributed by atoms with Gasteiger partial charge in [-0.2, -0.15) is 5.26 Å². The van der Waals surface area contributed by atoms with Crippen molar-refractivity contribution in [1.82, 2.24) is 0 Å². The predicted octanol–water partition coefficient (Wildman–Crippen LogP) is 3.44. The molecule has 0 saturated heterocycles. The van der Waals surface area contributed by atoms with E-state index < -0.39 is 23.8 Å². The summed E-state index contributed by atoms with van der Waals surface area (Å²) in [5.41, 5.74) is 1.50. The molecule has 0 heterocycles. The lowest BCUT2D eigenvalue weighted by Gasteiger charge is -2.22. The van der Waals surface area contributed by atoms with E-state index in [0.717, 1.165) is 11.1 Å². The van der Waals surface area contributed by atoms with Crippen LogP contribution in [0.4, 0.5) is 11.4 Å². The van der Waals surface area contributed by atoms with Crippen LogP contribution in [0.5, 0.6) is 0 Å². The summed E-state index contributed by atoms with van der Waals surface area (Å²) >= 11 is 6.55. The molecule has 9 nitrogen and oxygen atoms in total. The zero-order valence-corrected chi connectivity index (χ0v) is 18.8. The Bertz CT molecular complexity index is 1260. The third-order valence-electron chi connectivity index (χ3n) is 5.07. The lowest BCUT2D eigenvalue weighted by atomic mass is 9.89. The molecule has 3 rings (SSSR count). The van der Waals surface area contributed by atoms with Crippen LogP contribution in [0.3, 0.4) is 0 Å². The van der Waals surface area contributed by atoms with E-state index in [2.05, 4.69) is 16.7 Å². The van der Waals surface area contributed by atoms with Gasteiger partial charge in [-0.05, 0) is 22.3 Å². The fourth-order valence-corrected chi connectivity index (χ4v) is 3.83. The molecule has 0 fully saturated rings. The van der Waals surface area contributed by atoms with Crippen LogP contribution >= 0.6 is 11.6 Å². The highest BCUT2D eigenvalue weighted by molar-refractivity contribution is 6.43. The number of aliphatic carboxylic acids is 2. The number of hydrogen-bond acceptors (Lipinski definition) is 5. The molecule has 0 aliphatic heterocycles. The van der Waals surface area contributed by atoms with Gasteiger partial charge in [0.1, 0.15) is 0 Å². The van der Waals surface area contributed by atoms with E-state index in [1.54, 1.807) is 60.7 Å². The molecule has 0 atom stereocenters. The van der Waals surface area contributed by atoms with Crippen LogP contribution in [0.1, 0.15) is 27.8 Å². The van der Waals surface area contributed by atoms with Crippen LogP contribution in [-0.2, 0) is 32.0 Å². The van der Waals surface area contributed by atoms with Gasteiger partial charge in [0.15, 0.2) is 0 Å². The summed E-state index contributed by atoms with van der Waals surface area (Å²) in [5, 5.41) is 32.4. The molecule has 0 radical (unpaired) electrons. The zero-order valence-electron chi connectivity index (χ0n) is 18.0. The molecule has 0 aromatic heterocycles. The summed E-state index contributed by atoms with van der Waals surface area (Å²) in [6.07, 6.45) is 0.182. The van der Waals surface area contributed by atoms with Crippen LogP contribution in [0.25, 0.3) is 0 Å². The standard InChI is InChI=1S/C25H18ClN3O6/c26-19-20(28-22(30)24(32)33)16(11-14-7-3-1-4-8-14)18(13-27)17(12-15-9-5-2-6-10-15)21(19)29-23(31)25(34)35/h1-10H,11-12H2,(H,28,30)(H,29,31)(H,32,33)(H,34,35). The number of carboxylic acid groups (broad SMARTS) is 2. The molecule has 4 N–H and O–H groups in total. The highest BCUT2D eigenvalue weighted by atomic mass is 35.5. The van der Waals surface area contributed by atoms with E-state index in [4.69, 9.17) is 21.8 Å². The molecule has 10 heteroatoms. The Morgan fingerprint density at radius 2 is 1.11 bits per heavy atom. The van der Waals surface area contributed by atoms with Crippen molar-refractivity contribution in [1.29, 1.82) is 5.26 Å². The van der Waals surface area contributed by atoms with E-state index in [-0.39, 0.29) is 45.9 Å². The summed E-state index contributed by atoms with van der Waals surface area (Å²) in [6, 6.07) is 19.8. The molecule has 0 spiro atoms. The molecule has 3 aromatic carbocycles. The van der Waals surface area contributed by atoms with Crippen LogP contribution < -0.4 is 10.6 Å². The molecule has 2 amide bonds. The Balaban J connectivity index is 2.33. The summed E-state index contributed by atoms with van der Waals surface area (Å²) in [6.45, 7) is 0. The third kappa shape index (κ3) is 5.82. The minimum absolute atomic E-state index is 0.0171. The van der Waals surface area contributed by atoms with Crippen molar-refractivity contribution in [3.05, 3.63) is 93.5 Å². The van der Waals surface area contributed by atoms with Gasteiger partial charge >= 0.3 is 23.8 Å². The highest BCUT2D eigenvalue weighted by Crippen LogP contribution is 2.42. The molecule has 0 aliphatic carbocycles. The van der Waals surface area contributed by atoms with Crippen molar-refractivity contribution in [2.75, 3.05) is 10.6 Å². The Kier molecular flexibility index (Phi) is 7.81. The second-order valence-electron chi connectivity index (χ2n) is 7.35. The topological polar surface area (TPSA) is 157 Å². The average Bonchev–Trinajstić information content (AvgIpc) is 2.85. The number of nitrogens with zero attached hydrogens (tertiary/aromatic N) is 1. The molecule has 176 valence electrons. The molecular formula is C25H18ClN3O6. The summed E-state index contributed by atoms with van der Waals surface area (Å²) in [5.74, 6) is -6.43. The SMILES string of the molecule is N#Cc1c(Cc2ccccc2)c(NC(=O)C(=O)O)c(Cl)c(NC(=O)C(=O)O)c1Cc1ccccc1. The minimum Gasteiger partial charge on any atom is -0.474 e. The van der Waals surface area contributed by atoms with Crippen molar-refractivity contribution in [3.8, 4) is 6.07 Å². The lowest BCUT2D eigenvalue weighted by Crippen LogP contribution is -2.26. The van der Waals surface area contributed by atoms with Crippen LogP contribution in [0.15, 0.2) is 60.7 Å². The monoisotopic (exact) mass is 491 g/mol. The fourth-order valence-electron chi connectivity index (χ4n) is 3.51. The molecule has 0 unspecified atom stereocenters. The first-order valence-corrected chi connectivity index (χ1v) is 10.5. The number of carbonyl (C=O) groups is 4. The van der Waals surface area contributed by atoms with Crippen LogP contribution in [0.2, 0.25) is 5.02 Å². The van der Waals surface area contributed by atoms with E-state index >= 15 is 0 Å². The van der Waals surface area contributed by atoms with Gasteiger partial charge in [0.2, 0.25) is 0 Å². The average molecular weight is 492 g/mol. The van der Waals surface area contributed by atoms with Gasteiger partial charge in [0, 0.05) is 12.8 Å². The molecule has 0 bridgehead atoms. The molecule has 0 saturated carbocycles. The van der Waals surface area contributed by atoms with E-state index in [1.807, 2.05) is 0 Å². The first kappa shape index (κ1) is 25.0. The zero-order chi connectivity index (χ0) is 25.5. The van der Waals surface area contributed by atoms with Gasteiger partial charge in [-0.15, -0.1) is 0 Å². The molecular weight excluding hydrogens is 474 g/mol. The second kappa shape index (κ2) is 11.0. The van der Waals surface area contributed by atoms with Crippen molar-refractivity contribution < 1.29 is 29.4 Å². The summed E-state index contributed by atoms with van der Waals surface area (Å²) in [4.78, 5) is 46.6. The maximum absolute atomic E-state index is 12.1. The van der Waals surface area contributed by atoms with Crippen molar-refractivity contribution in [3.63, 3.8) is 0 Å². The quantitative estimate of drug-likeness (QED) is 0.384. The van der Waals surface area contributed by atoms with E-state index in [1.165, 1.54) is 0 Å². The van der Waals surface area contributed by atoms with Crippen LogP contribution in [-0.4, -0.2) is 34.0 Å². The van der Waals surface area contributed by atoms with Gasteiger partial charge in [-0.25, -0.2) is 9.59 Å². The van der Waals surface area contributed by atoms with Gasteiger partial charge in [-0.1, -0.05) is 72.3 Å². The Hall–Kier alpha value is -4.68. The predicted molar refractivity (Wildman–Crippen MR) is 127 cm³/mol. The fraction of sp³-hybridized carbons (Fsp3) is 0.0800. The number of halogens is 1. The van der Waals surface area contributed by atoms with Gasteiger partial charge in [0.05, 0.1) is 28.0 Å². The first-order chi connectivity index (χ1) is 16.7. The van der Waals surface area contributed by atoms with E-state index in [0.29, 0.717) is 0 Å². The number of nitriles is 1. The maximum Gasteiger partial charge on any atom is 0.394 e. The Morgan fingerprint density at radius 3 is 1.43 bits per heavy atom. The number of carboxylic acids is 2. The highest BCUT2D eigenvalue weighted by Gasteiger charge is 2.28. The number of carbonyl (C=O) groups excluding carboxylic acids is 2. The molecule has 3 aromatic rings. The number of anilines is 2. The lowest BCUT2D eigenvalue weighted by molar-refractivity contribution is -0.147. The third-order valence-corrected chi connectivity index (χ3v) is 5.45. The largest absolute Gasteiger partial charge is 0.474 e. The van der Waals surface area contributed by atoms with Crippen LogP contribution in [0, 0.1) is 11.3 Å². The minimum atomic E-state index is -1.80. The molecule has 35 heavy (non-hydrogen) atoms. The summed E-state index contributed by atoms with van der Waals surface area (Å²) < 4.78 is 0. The second-order valence-corrected chi connectivity index (χ2v) is 7.73. The number of nitrogens with one attached hydrogen (secondary N) is 2. The normalized spacial score (nSPS) is 10.2. The van der Waals surface area contributed by atoms with Crippen molar-refractivity contribution in [2.24, 2.45) is 0 Å². The van der Waals surface area contributed by atoms with E-state index in [9.17, 15) is 24.4 Å². The Labute approximate surface area is 204 Å². The van der Waals surface area contributed by atoms with Crippen molar-refractivity contribution in [2.45, 2.75) is 12.8 Å². The number of hydrogen-bond donors (Lipinski definition) is 4. The summed E-state index contributed by atoms with van der Waals surface area (Å²) in [7, 11) is 0. The Morgan fingerprint density at radius 1 is 0.743 bits per heavy atom. The number of amides is 2. The van der Waals surface area contributed by atoms with Gasteiger partial charge < -0.3 is 20.8 Å². The number of rotatable bonds is 6. The van der Waals surface area contributed by atoms with Gasteiger partial charge in [-0.3, -0.25) is 9.59 Å².